The van der Waals surface area contributed by atoms with Crippen molar-refractivity contribution in [3.05, 3.63) is 23.8 Å². The summed E-state index contributed by atoms with van der Waals surface area (Å²) in [7, 11) is 1.55. The van der Waals surface area contributed by atoms with Crippen molar-refractivity contribution >= 4 is 11.6 Å². The van der Waals surface area contributed by atoms with E-state index in [1.165, 1.54) is 0 Å². The second-order valence-electron chi connectivity index (χ2n) is 6.52. The van der Waals surface area contributed by atoms with Crippen LogP contribution in [0.3, 0.4) is 0 Å². The highest BCUT2D eigenvalue weighted by Crippen LogP contribution is 2.36. The van der Waals surface area contributed by atoms with Gasteiger partial charge in [-0.3, -0.25) is 4.79 Å². The van der Waals surface area contributed by atoms with Crippen LogP contribution in [-0.4, -0.2) is 25.2 Å². The number of hydrogen-bond acceptors (Lipinski definition) is 4. The number of methoxy groups -OCH3 is 1. The Kier molecular flexibility index (Phi) is 6.22. The van der Waals surface area contributed by atoms with Gasteiger partial charge < -0.3 is 14.8 Å². The van der Waals surface area contributed by atoms with E-state index in [9.17, 15) is 10.1 Å². The van der Waals surface area contributed by atoms with E-state index in [4.69, 9.17) is 9.47 Å². The summed E-state index contributed by atoms with van der Waals surface area (Å²) >= 11 is 0. The summed E-state index contributed by atoms with van der Waals surface area (Å²) in [6.45, 7) is 4.76. The Hall–Kier alpha value is -2.06. The van der Waals surface area contributed by atoms with Gasteiger partial charge in [0.15, 0.2) is 0 Å². The largest absolute Gasteiger partial charge is 0.497 e. The van der Waals surface area contributed by atoms with E-state index in [2.05, 4.69) is 18.3 Å². The van der Waals surface area contributed by atoms with Gasteiger partial charge in [-0.2, -0.15) is 5.26 Å². The zero-order chi connectivity index (χ0) is 17.6. The fraction of sp³-hybridized carbons (Fsp3) is 0.579. The first-order valence-electron chi connectivity index (χ1n) is 8.58. The zero-order valence-electron chi connectivity index (χ0n) is 14.7. The number of hydrogen-bond donors (Lipinski definition) is 1. The average molecular weight is 330 g/mol. The topological polar surface area (TPSA) is 71.3 Å². The summed E-state index contributed by atoms with van der Waals surface area (Å²) in [6, 6.07) is 7.17. The van der Waals surface area contributed by atoms with Crippen LogP contribution in [0.25, 0.3) is 0 Å². The Balaban J connectivity index is 2.23. The maximum atomic E-state index is 13.0. The van der Waals surface area contributed by atoms with Crippen LogP contribution in [0.4, 0.5) is 5.69 Å². The molecule has 1 aliphatic rings. The molecule has 1 aliphatic carbocycles. The summed E-state index contributed by atoms with van der Waals surface area (Å²) in [5, 5.41) is 12.2. The summed E-state index contributed by atoms with van der Waals surface area (Å²) in [5.41, 5.74) is 0.0959. The van der Waals surface area contributed by atoms with Crippen LogP contribution >= 0.6 is 0 Å². The van der Waals surface area contributed by atoms with Gasteiger partial charge in [-0.15, -0.1) is 0 Å². The second-order valence-corrected chi connectivity index (χ2v) is 6.52. The predicted molar refractivity (Wildman–Crippen MR) is 92.9 cm³/mol. The average Bonchev–Trinajstić information content (AvgIpc) is 2.60. The van der Waals surface area contributed by atoms with E-state index in [0.717, 1.165) is 32.1 Å². The molecule has 1 amide bonds. The fourth-order valence-corrected chi connectivity index (χ4v) is 3.29. The molecular weight excluding hydrogens is 304 g/mol. The molecule has 24 heavy (non-hydrogen) atoms. The molecule has 0 aromatic heterocycles. The Labute approximate surface area is 144 Å². The summed E-state index contributed by atoms with van der Waals surface area (Å²) in [4.78, 5) is 13.0. The maximum Gasteiger partial charge on any atom is 0.256 e. The normalized spacial score (nSPS) is 23.3. The zero-order valence-corrected chi connectivity index (χ0v) is 14.7. The van der Waals surface area contributed by atoms with E-state index < -0.39 is 5.60 Å². The molecule has 2 atom stereocenters. The molecule has 0 unspecified atom stereocenters. The summed E-state index contributed by atoms with van der Waals surface area (Å²) in [5.74, 6) is 0.893. The lowest BCUT2D eigenvalue weighted by molar-refractivity contribution is -0.148. The molecule has 0 radical (unpaired) electrons. The molecule has 1 N–H and O–H groups in total. The molecule has 1 aromatic rings. The van der Waals surface area contributed by atoms with Crippen molar-refractivity contribution in [1.82, 2.24) is 0 Å². The van der Waals surface area contributed by atoms with Gasteiger partial charge in [0.25, 0.3) is 5.91 Å². The molecule has 1 aromatic carbocycles. The number of nitrogens with one attached hydrogen (secondary N) is 1. The number of amides is 1. The van der Waals surface area contributed by atoms with Gasteiger partial charge >= 0.3 is 0 Å². The molecule has 1 fully saturated rings. The van der Waals surface area contributed by atoms with Crippen molar-refractivity contribution in [2.45, 2.75) is 51.6 Å². The lowest BCUT2D eigenvalue weighted by atomic mass is 9.78. The molecule has 0 aliphatic heterocycles. The Bertz CT molecular complexity index is 624. The van der Waals surface area contributed by atoms with Crippen molar-refractivity contribution in [2.75, 3.05) is 19.0 Å². The van der Waals surface area contributed by atoms with Gasteiger partial charge in [0, 0.05) is 6.61 Å². The van der Waals surface area contributed by atoms with Crippen LogP contribution in [0, 0.1) is 17.2 Å². The first-order valence-corrected chi connectivity index (χ1v) is 8.58. The van der Waals surface area contributed by atoms with E-state index in [0.29, 0.717) is 29.5 Å². The standard InChI is InChI=1S/C19H26N2O3/c1-4-10-24-19(9-5-6-14(2)12-19)18(22)21-17-8-7-16(23-3)11-15(17)13-20/h7-8,11,14H,4-6,9-10,12H2,1-3H3,(H,21,22)/t14-,19-/m0/s1. The number of benzene rings is 1. The molecule has 0 heterocycles. The third kappa shape index (κ3) is 4.07. The predicted octanol–water partition coefficient (Wildman–Crippen LogP) is 3.88. The number of carbonyl (C=O) groups excluding carboxylic acids is 1. The highest BCUT2D eigenvalue weighted by Gasteiger charge is 2.42. The highest BCUT2D eigenvalue weighted by molar-refractivity contribution is 5.98. The van der Waals surface area contributed by atoms with E-state index in [1.807, 2.05) is 6.92 Å². The highest BCUT2D eigenvalue weighted by atomic mass is 16.5. The number of ether oxygens (including phenoxy) is 2. The van der Waals surface area contributed by atoms with E-state index in [-0.39, 0.29) is 5.91 Å². The first-order chi connectivity index (χ1) is 11.5. The second kappa shape index (κ2) is 8.16. The van der Waals surface area contributed by atoms with Gasteiger partial charge in [-0.1, -0.05) is 20.3 Å². The molecular formula is C19H26N2O3. The van der Waals surface area contributed by atoms with Crippen molar-refractivity contribution in [3.63, 3.8) is 0 Å². The van der Waals surface area contributed by atoms with Gasteiger partial charge in [-0.05, 0) is 49.8 Å². The molecule has 5 nitrogen and oxygen atoms in total. The summed E-state index contributed by atoms with van der Waals surface area (Å²) in [6.07, 6.45) is 4.41. The quantitative estimate of drug-likeness (QED) is 0.859. The minimum atomic E-state index is -0.791. The molecule has 0 saturated heterocycles. The molecule has 0 bridgehead atoms. The Morgan fingerprint density at radius 2 is 2.29 bits per heavy atom. The number of carbonyl (C=O) groups is 1. The lowest BCUT2D eigenvalue weighted by Crippen LogP contribution is -2.48. The Morgan fingerprint density at radius 3 is 2.92 bits per heavy atom. The minimum absolute atomic E-state index is 0.149. The molecule has 1 saturated carbocycles. The monoisotopic (exact) mass is 330 g/mol. The van der Waals surface area contributed by atoms with Crippen molar-refractivity contribution in [3.8, 4) is 11.8 Å². The molecule has 2 rings (SSSR count). The lowest BCUT2D eigenvalue weighted by Gasteiger charge is -2.38. The number of anilines is 1. The van der Waals surface area contributed by atoms with Crippen LogP contribution in [0.15, 0.2) is 18.2 Å². The van der Waals surface area contributed by atoms with Gasteiger partial charge in [-0.25, -0.2) is 0 Å². The Morgan fingerprint density at radius 1 is 1.50 bits per heavy atom. The van der Waals surface area contributed by atoms with Gasteiger partial charge in [0.05, 0.1) is 18.4 Å². The third-order valence-electron chi connectivity index (χ3n) is 4.55. The summed E-state index contributed by atoms with van der Waals surface area (Å²) < 4.78 is 11.2. The third-order valence-corrected chi connectivity index (χ3v) is 4.55. The SMILES string of the molecule is CCCO[C@@]1(C(=O)Nc2ccc(OC)cc2C#N)CCC[C@H](C)C1. The molecule has 5 heteroatoms. The molecule has 130 valence electrons. The van der Waals surface area contributed by atoms with Crippen molar-refractivity contribution < 1.29 is 14.3 Å². The number of nitrogens with zero attached hydrogens (tertiary/aromatic N) is 1. The fourth-order valence-electron chi connectivity index (χ4n) is 3.29. The van der Waals surface area contributed by atoms with Crippen LogP contribution < -0.4 is 10.1 Å². The smallest absolute Gasteiger partial charge is 0.256 e. The van der Waals surface area contributed by atoms with Gasteiger partial charge in [0.2, 0.25) is 0 Å². The minimum Gasteiger partial charge on any atom is -0.497 e. The number of nitriles is 1. The first kappa shape index (κ1) is 18.3. The van der Waals surface area contributed by atoms with Crippen LogP contribution in [0.2, 0.25) is 0 Å². The number of rotatable bonds is 6. The van der Waals surface area contributed by atoms with E-state index in [1.54, 1.807) is 25.3 Å². The van der Waals surface area contributed by atoms with E-state index >= 15 is 0 Å². The van der Waals surface area contributed by atoms with Crippen LogP contribution in [0.5, 0.6) is 5.75 Å². The van der Waals surface area contributed by atoms with Crippen LogP contribution in [-0.2, 0) is 9.53 Å². The van der Waals surface area contributed by atoms with Crippen LogP contribution in [0.1, 0.15) is 51.5 Å². The van der Waals surface area contributed by atoms with Gasteiger partial charge in [0.1, 0.15) is 17.4 Å². The molecule has 0 spiro atoms. The van der Waals surface area contributed by atoms with Crippen molar-refractivity contribution in [2.24, 2.45) is 5.92 Å². The maximum absolute atomic E-state index is 13.0. The van der Waals surface area contributed by atoms with Crippen molar-refractivity contribution in [1.29, 1.82) is 5.26 Å².